The molecule has 0 spiro atoms. The van der Waals surface area contributed by atoms with Gasteiger partial charge in [0.05, 0.1) is 12.0 Å². The molecule has 0 bridgehead atoms. The lowest BCUT2D eigenvalue weighted by Crippen LogP contribution is -2.21. The van der Waals surface area contributed by atoms with E-state index >= 15 is 0 Å². The van der Waals surface area contributed by atoms with Crippen molar-refractivity contribution in [1.82, 2.24) is 5.43 Å². The number of nitrogens with one attached hydrogen (secondary N) is 2. The van der Waals surface area contributed by atoms with Crippen LogP contribution in [0.5, 0.6) is 17.2 Å². The van der Waals surface area contributed by atoms with Crippen molar-refractivity contribution in [2.45, 2.75) is 13.3 Å². The van der Waals surface area contributed by atoms with Crippen LogP contribution in [0.4, 0.5) is 5.69 Å². The van der Waals surface area contributed by atoms with Gasteiger partial charge in [0.25, 0.3) is 5.91 Å². The molecule has 3 N–H and O–H groups in total. The molecule has 9 heteroatoms. The fraction of sp³-hybridized carbons (Fsp3) is 0.211. The predicted octanol–water partition coefficient (Wildman–Crippen LogP) is 2.95. The monoisotopic (exact) mass is 403 g/mol. The van der Waals surface area contributed by atoms with Crippen molar-refractivity contribution in [3.63, 3.8) is 0 Å². The van der Waals surface area contributed by atoms with Crippen molar-refractivity contribution in [3.05, 3.63) is 47.0 Å². The standard InChI is InChI=1S/C19H18ClN3O5/c1-11(22-23-19(26)14-9-12(20)2-4-15(14)24)8-18(25)21-13-3-5-16-17(10-13)28-7-6-27-16/h2-5,9-10,24H,6-8H2,1H3,(H,21,25)(H,23,26). The van der Waals surface area contributed by atoms with Crippen LogP contribution < -0.4 is 20.2 Å². The lowest BCUT2D eigenvalue weighted by molar-refractivity contribution is -0.115. The molecule has 0 saturated heterocycles. The zero-order chi connectivity index (χ0) is 20.1. The Labute approximate surface area is 166 Å². The average molecular weight is 404 g/mol. The molecule has 8 nitrogen and oxygen atoms in total. The Bertz CT molecular complexity index is 945. The molecule has 0 saturated carbocycles. The summed E-state index contributed by atoms with van der Waals surface area (Å²) in [6.07, 6.45) is -0.0315. The van der Waals surface area contributed by atoms with E-state index in [1.165, 1.54) is 18.2 Å². The molecular formula is C19H18ClN3O5. The van der Waals surface area contributed by atoms with Gasteiger partial charge in [-0.05, 0) is 37.3 Å². The van der Waals surface area contributed by atoms with Crippen LogP contribution in [0.2, 0.25) is 5.02 Å². The molecule has 2 amide bonds. The molecule has 1 aliphatic heterocycles. The average Bonchev–Trinajstić information content (AvgIpc) is 2.67. The number of carbonyl (C=O) groups is 2. The van der Waals surface area contributed by atoms with E-state index in [1.807, 2.05) is 0 Å². The first-order valence-electron chi connectivity index (χ1n) is 8.44. The van der Waals surface area contributed by atoms with Crippen LogP contribution in [0.3, 0.4) is 0 Å². The number of rotatable bonds is 5. The highest BCUT2D eigenvalue weighted by Gasteiger charge is 2.14. The van der Waals surface area contributed by atoms with E-state index in [9.17, 15) is 14.7 Å². The van der Waals surface area contributed by atoms with Gasteiger partial charge in [-0.1, -0.05) is 11.6 Å². The summed E-state index contributed by atoms with van der Waals surface area (Å²) in [4.78, 5) is 24.2. The lowest BCUT2D eigenvalue weighted by Gasteiger charge is -2.19. The first kappa shape index (κ1) is 19.5. The fourth-order valence-corrected chi connectivity index (χ4v) is 2.67. The topological polar surface area (TPSA) is 109 Å². The van der Waals surface area contributed by atoms with Crippen molar-refractivity contribution >= 4 is 34.8 Å². The number of phenols is 1. The second-order valence-electron chi connectivity index (χ2n) is 6.03. The van der Waals surface area contributed by atoms with Crippen LogP contribution in [0.15, 0.2) is 41.5 Å². The third kappa shape index (κ3) is 4.92. The highest BCUT2D eigenvalue weighted by Crippen LogP contribution is 2.32. The molecule has 28 heavy (non-hydrogen) atoms. The normalized spacial score (nSPS) is 13.0. The Morgan fingerprint density at radius 2 is 1.89 bits per heavy atom. The summed E-state index contributed by atoms with van der Waals surface area (Å²) in [5.41, 5.74) is 3.23. The van der Waals surface area contributed by atoms with Gasteiger partial charge in [-0.2, -0.15) is 5.10 Å². The summed E-state index contributed by atoms with van der Waals surface area (Å²) in [6, 6.07) is 9.22. The van der Waals surface area contributed by atoms with Crippen LogP contribution in [-0.4, -0.2) is 35.8 Å². The number of hydrazone groups is 1. The van der Waals surface area contributed by atoms with Gasteiger partial charge in [0.2, 0.25) is 5.91 Å². The molecule has 1 aliphatic rings. The molecule has 146 valence electrons. The number of carbonyl (C=O) groups excluding carboxylic acids is 2. The number of fused-ring (bicyclic) bond motifs is 1. The molecule has 0 unspecified atom stereocenters. The summed E-state index contributed by atoms with van der Waals surface area (Å²) >= 11 is 5.82. The Kier molecular flexibility index (Phi) is 6.00. The Morgan fingerprint density at radius 1 is 1.14 bits per heavy atom. The van der Waals surface area contributed by atoms with Crippen molar-refractivity contribution in [3.8, 4) is 17.2 Å². The van der Waals surface area contributed by atoms with Gasteiger partial charge in [-0.25, -0.2) is 5.43 Å². The second-order valence-corrected chi connectivity index (χ2v) is 6.47. The predicted molar refractivity (Wildman–Crippen MR) is 104 cm³/mol. The maximum Gasteiger partial charge on any atom is 0.275 e. The van der Waals surface area contributed by atoms with E-state index in [2.05, 4.69) is 15.8 Å². The van der Waals surface area contributed by atoms with E-state index in [1.54, 1.807) is 25.1 Å². The zero-order valence-electron chi connectivity index (χ0n) is 15.0. The van der Waals surface area contributed by atoms with Crippen LogP contribution in [-0.2, 0) is 4.79 Å². The minimum atomic E-state index is -0.633. The molecule has 3 rings (SSSR count). The van der Waals surface area contributed by atoms with Gasteiger partial charge >= 0.3 is 0 Å². The van der Waals surface area contributed by atoms with Crippen molar-refractivity contribution in [1.29, 1.82) is 0 Å². The molecule has 2 aromatic rings. The van der Waals surface area contributed by atoms with Gasteiger partial charge in [0.1, 0.15) is 19.0 Å². The first-order chi connectivity index (χ1) is 13.4. The van der Waals surface area contributed by atoms with Crippen LogP contribution in [0.1, 0.15) is 23.7 Å². The molecule has 0 fully saturated rings. The molecule has 0 aromatic heterocycles. The number of nitrogens with zero attached hydrogens (tertiary/aromatic N) is 1. The number of anilines is 1. The van der Waals surface area contributed by atoms with Crippen LogP contribution in [0.25, 0.3) is 0 Å². The number of halogens is 1. The highest BCUT2D eigenvalue weighted by molar-refractivity contribution is 6.31. The van der Waals surface area contributed by atoms with Gasteiger partial charge in [-0.3, -0.25) is 9.59 Å². The Morgan fingerprint density at radius 3 is 2.68 bits per heavy atom. The van der Waals surface area contributed by atoms with E-state index in [-0.39, 0.29) is 23.6 Å². The largest absolute Gasteiger partial charge is 0.507 e. The van der Waals surface area contributed by atoms with E-state index in [4.69, 9.17) is 21.1 Å². The Hall–Kier alpha value is -3.26. The summed E-state index contributed by atoms with van der Waals surface area (Å²) < 4.78 is 10.9. The maximum atomic E-state index is 12.2. The SMILES string of the molecule is CC(CC(=O)Nc1ccc2c(c1)OCCO2)=NNC(=O)c1cc(Cl)ccc1O. The highest BCUT2D eigenvalue weighted by atomic mass is 35.5. The van der Waals surface area contributed by atoms with Crippen molar-refractivity contribution in [2.75, 3.05) is 18.5 Å². The van der Waals surface area contributed by atoms with Gasteiger partial charge in [0.15, 0.2) is 11.5 Å². The molecular weight excluding hydrogens is 386 g/mol. The third-order valence-electron chi connectivity index (χ3n) is 3.79. The summed E-state index contributed by atoms with van der Waals surface area (Å²) in [6.45, 7) is 2.55. The minimum Gasteiger partial charge on any atom is -0.507 e. The fourth-order valence-electron chi connectivity index (χ4n) is 2.49. The van der Waals surface area contributed by atoms with Gasteiger partial charge in [-0.15, -0.1) is 0 Å². The Balaban J connectivity index is 1.56. The van der Waals surface area contributed by atoms with Crippen LogP contribution in [0, 0.1) is 0 Å². The van der Waals surface area contributed by atoms with Gasteiger partial charge in [0, 0.05) is 22.5 Å². The van der Waals surface area contributed by atoms with Gasteiger partial charge < -0.3 is 19.9 Å². The van der Waals surface area contributed by atoms with E-state index in [0.717, 1.165) is 0 Å². The number of aromatic hydroxyl groups is 1. The molecule has 2 aromatic carbocycles. The molecule has 1 heterocycles. The van der Waals surface area contributed by atoms with E-state index in [0.29, 0.717) is 41.1 Å². The quantitative estimate of drug-likeness (QED) is 0.525. The minimum absolute atomic E-state index is 0.00946. The molecule has 0 atom stereocenters. The summed E-state index contributed by atoms with van der Waals surface area (Å²) in [5.74, 6) is 0.0486. The number of benzene rings is 2. The maximum absolute atomic E-state index is 12.2. The molecule has 0 aliphatic carbocycles. The number of amides is 2. The van der Waals surface area contributed by atoms with Crippen LogP contribution >= 0.6 is 11.6 Å². The lowest BCUT2D eigenvalue weighted by atomic mass is 10.2. The smallest absolute Gasteiger partial charge is 0.275 e. The number of hydrogen-bond donors (Lipinski definition) is 3. The number of ether oxygens (including phenoxy) is 2. The summed E-state index contributed by atoms with van der Waals surface area (Å²) in [7, 11) is 0. The molecule has 0 radical (unpaired) electrons. The van der Waals surface area contributed by atoms with Crippen molar-refractivity contribution < 1.29 is 24.2 Å². The first-order valence-corrected chi connectivity index (χ1v) is 8.81. The number of hydrogen-bond acceptors (Lipinski definition) is 6. The number of phenolic OH excluding ortho intramolecular Hbond substituents is 1. The van der Waals surface area contributed by atoms with E-state index < -0.39 is 5.91 Å². The second kappa shape index (κ2) is 8.62. The summed E-state index contributed by atoms with van der Waals surface area (Å²) in [5, 5.41) is 16.6. The zero-order valence-corrected chi connectivity index (χ0v) is 15.7. The third-order valence-corrected chi connectivity index (χ3v) is 4.03. The van der Waals surface area contributed by atoms with Crippen molar-refractivity contribution in [2.24, 2.45) is 5.10 Å².